The predicted octanol–water partition coefficient (Wildman–Crippen LogP) is 9.14. The average Bonchev–Trinajstić information content (AvgIpc) is 3.76. The van der Waals surface area contributed by atoms with E-state index in [1.807, 2.05) is 11.3 Å². The molecular weight excluding hydrogens is 493 g/mol. The fourth-order valence-electron chi connectivity index (χ4n) is 7.13. The van der Waals surface area contributed by atoms with Crippen LogP contribution in [0.25, 0.3) is 64.4 Å². The van der Waals surface area contributed by atoms with Gasteiger partial charge in [-0.15, -0.1) is 11.3 Å². The number of fused-ring (bicyclic) bond motifs is 14. The first-order valence-corrected chi connectivity index (χ1v) is 14.2. The van der Waals surface area contributed by atoms with Crippen molar-refractivity contribution < 1.29 is 0 Å². The summed E-state index contributed by atoms with van der Waals surface area (Å²) in [6, 6.07) is 42.6. The van der Waals surface area contributed by atoms with Gasteiger partial charge in [0.05, 0.1) is 11.2 Å². The third-order valence-electron chi connectivity index (χ3n) is 8.69. The Morgan fingerprint density at radius 1 is 0.590 bits per heavy atom. The zero-order valence-electron chi connectivity index (χ0n) is 20.9. The predicted molar refractivity (Wildman–Crippen MR) is 166 cm³/mol. The molecule has 3 nitrogen and oxygen atoms in total. The zero-order chi connectivity index (χ0) is 25.2. The van der Waals surface area contributed by atoms with Crippen LogP contribution < -0.4 is 4.81 Å². The molecule has 0 atom stereocenters. The van der Waals surface area contributed by atoms with Crippen LogP contribution in [0.4, 0.5) is 11.4 Å². The first-order valence-electron chi connectivity index (χ1n) is 13.4. The molecule has 0 bridgehead atoms. The minimum Gasteiger partial charge on any atom is -0.351 e. The molecule has 180 valence electrons. The molecule has 0 radical (unpaired) electrons. The van der Waals surface area contributed by atoms with E-state index < -0.39 is 0 Å². The third-order valence-corrected chi connectivity index (χ3v) is 9.91. The van der Waals surface area contributed by atoms with E-state index in [1.54, 1.807) is 0 Å². The van der Waals surface area contributed by atoms with Crippen LogP contribution in [0.5, 0.6) is 0 Å². The van der Waals surface area contributed by atoms with Gasteiger partial charge in [0.25, 0.3) is 0 Å². The number of hydrogen-bond donors (Lipinski definition) is 0. The normalized spacial score (nSPS) is 13.5. The molecule has 0 unspecified atom stereocenters. The smallest absolute Gasteiger partial charge is 0.351 e. The largest absolute Gasteiger partial charge is 0.518 e. The highest BCUT2D eigenvalue weighted by molar-refractivity contribution is 7.26. The maximum Gasteiger partial charge on any atom is 0.518 e. The minimum atomic E-state index is 0.0256. The topological polar surface area (TPSA) is 13.1 Å². The van der Waals surface area contributed by atoms with Crippen LogP contribution in [-0.2, 0) is 0 Å². The van der Waals surface area contributed by atoms with Gasteiger partial charge in [0.1, 0.15) is 0 Å². The number of anilines is 2. The highest BCUT2D eigenvalue weighted by atomic mass is 32.1. The third kappa shape index (κ3) is 2.41. The van der Waals surface area contributed by atoms with Gasteiger partial charge in [-0.2, -0.15) is 0 Å². The van der Waals surface area contributed by atoms with Gasteiger partial charge >= 0.3 is 7.12 Å². The van der Waals surface area contributed by atoms with E-state index in [0.717, 1.165) is 0 Å². The average molecular weight is 513 g/mol. The SMILES string of the molecule is c1ccc2c(c1)-c1cccn1B1N2c2cc(-c3cccc4c3sc3ccccc34)cc3c4ccccc4n1c23. The molecule has 2 aliphatic rings. The standard InChI is InChI=1S/C34H20BN3S/c1-4-14-29-23(9-1)27-19-21(22-12-7-13-25-24-10-3-6-17-32(24)39-34(22)25)20-31-33(27)38(29)35-36-18-8-16-28(36)26-11-2-5-15-30(26)37(31)35/h1-20H. The van der Waals surface area contributed by atoms with Gasteiger partial charge in [0, 0.05) is 53.4 Å². The van der Waals surface area contributed by atoms with Crippen LogP contribution >= 0.6 is 11.3 Å². The summed E-state index contributed by atoms with van der Waals surface area (Å²) in [5, 5.41) is 5.31. The summed E-state index contributed by atoms with van der Waals surface area (Å²) in [4.78, 5) is 2.55. The maximum atomic E-state index is 2.55. The molecule has 0 aliphatic carbocycles. The first-order chi connectivity index (χ1) is 19.4. The number of hydrogen-bond acceptors (Lipinski definition) is 2. The van der Waals surface area contributed by atoms with E-state index >= 15 is 0 Å². The monoisotopic (exact) mass is 513 g/mol. The summed E-state index contributed by atoms with van der Waals surface area (Å²) in [6.07, 6.45) is 2.23. The molecule has 5 heteroatoms. The highest BCUT2D eigenvalue weighted by Crippen LogP contribution is 2.52. The van der Waals surface area contributed by atoms with Crippen LogP contribution in [0.1, 0.15) is 0 Å². The molecule has 0 N–H and O–H groups in total. The van der Waals surface area contributed by atoms with Crippen molar-refractivity contribution in [2.24, 2.45) is 0 Å². The Morgan fingerprint density at radius 2 is 1.38 bits per heavy atom. The number of benzene rings is 5. The summed E-state index contributed by atoms with van der Waals surface area (Å²) in [7, 11) is 0.0256. The van der Waals surface area contributed by atoms with Gasteiger partial charge in [-0.25, -0.2) is 0 Å². The Hall–Kier alpha value is -4.74. The Morgan fingerprint density at radius 3 is 2.36 bits per heavy atom. The summed E-state index contributed by atoms with van der Waals surface area (Å²) < 4.78 is 7.67. The first kappa shape index (κ1) is 20.3. The zero-order valence-corrected chi connectivity index (χ0v) is 21.7. The van der Waals surface area contributed by atoms with Crippen molar-refractivity contribution in [1.29, 1.82) is 0 Å². The summed E-state index contributed by atoms with van der Waals surface area (Å²) in [6.45, 7) is 0. The molecule has 0 saturated carbocycles. The lowest BCUT2D eigenvalue weighted by molar-refractivity contribution is 1.08. The van der Waals surface area contributed by atoms with Crippen molar-refractivity contribution in [3.05, 3.63) is 121 Å². The molecule has 0 fully saturated rings. The quantitative estimate of drug-likeness (QED) is 0.200. The summed E-state index contributed by atoms with van der Waals surface area (Å²) >= 11 is 1.90. The minimum absolute atomic E-state index is 0.0256. The lowest BCUT2D eigenvalue weighted by atomic mass is 9.83. The maximum absolute atomic E-state index is 2.55. The molecular formula is C34H20BN3S. The van der Waals surface area contributed by atoms with E-state index in [-0.39, 0.29) is 7.12 Å². The van der Waals surface area contributed by atoms with Gasteiger partial charge in [0.2, 0.25) is 0 Å². The van der Waals surface area contributed by atoms with Crippen molar-refractivity contribution in [2.75, 3.05) is 4.81 Å². The molecule has 0 spiro atoms. The van der Waals surface area contributed by atoms with E-state index in [2.05, 4.69) is 135 Å². The molecule has 39 heavy (non-hydrogen) atoms. The molecule has 3 aromatic heterocycles. The summed E-state index contributed by atoms with van der Waals surface area (Å²) in [5.41, 5.74) is 10.2. The Labute approximate surface area is 228 Å². The van der Waals surface area contributed by atoms with Crippen LogP contribution in [0.15, 0.2) is 121 Å². The van der Waals surface area contributed by atoms with E-state index in [0.29, 0.717) is 0 Å². The molecule has 8 aromatic rings. The fourth-order valence-corrected chi connectivity index (χ4v) is 8.37. The van der Waals surface area contributed by atoms with Crippen molar-refractivity contribution in [3.8, 4) is 22.4 Å². The Balaban J connectivity index is 1.35. The highest BCUT2D eigenvalue weighted by Gasteiger charge is 2.45. The van der Waals surface area contributed by atoms with Gasteiger partial charge in [-0.3, -0.25) is 0 Å². The van der Waals surface area contributed by atoms with Crippen LogP contribution in [0, 0.1) is 0 Å². The number of nitrogens with zero attached hydrogens (tertiary/aromatic N) is 3. The van der Waals surface area contributed by atoms with Crippen molar-refractivity contribution in [1.82, 2.24) is 8.96 Å². The molecule has 0 amide bonds. The van der Waals surface area contributed by atoms with Gasteiger partial charge in [0.15, 0.2) is 0 Å². The van der Waals surface area contributed by atoms with Gasteiger partial charge < -0.3 is 13.8 Å². The molecule has 5 aromatic carbocycles. The van der Waals surface area contributed by atoms with Crippen LogP contribution in [0.2, 0.25) is 0 Å². The van der Waals surface area contributed by atoms with Gasteiger partial charge in [-0.05, 0) is 59.8 Å². The van der Waals surface area contributed by atoms with E-state index in [4.69, 9.17) is 0 Å². The molecule has 2 aliphatic heterocycles. The van der Waals surface area contributed by atoms with Gasteiger partial charge in [-0.1, -0.05) is 72.8 Å². The van der Waals surface area contributed by atoms with Crippen LogP contribution in [-0.4, -0.2) is 16.1 Å². The Bertz CT molecular complexity index is 2320. The second-order valence-corrected chi connectivity index (χ2v) is 11.6. The lowest BCUT2D eigenvalue weighted by Gasteiger charge is -2.34. The Kier molecular flexibility index (Phi) is 3.64. The summed E-state index contributed by atoms with van der Waals surface area (Å²) in [5.74, 6) is 0. The number of thiophene rings is 1. The van der Waals surface area contributed by atoms with E-state index in [1.165, 1.54) is 75.7 Å². The van der Waals surface area contributed by atoms with Crippen molar-refractivity contribution >= 4 is 71.8 Å². The number of para-hydroxylation sites is 2. The number of aromatic nitrogens is 2. The fraction of sp³-hybridized carbons (Fsp3) is 0. The number of rotatable bonds is 1. The second kappa shape index (κ2) is 7.01. The van der Waals surface area contributed by atoms with Crippen molar-refractivity contribution in [3.63, 3.8) is 0 Å². The molecule has 10 rings (SSSR count). The second-order valence-electron chi connectivity index (χ2n) is 10.6. The lowest BCUT2D eigenvalue weighted by Crippen LogP contribution is -2.47. The van der Waals surface area contributed by atoms with Crippen LogP contribution in [0.3, 0.4) is 0 Å². The van der Waals surface area contributed by atoms with E-state index in [9.17, 15) is 0 Å². The molecule has 5 heterocycles. The molecule has 0 saturated heterocycles. The van der Waals surface area contributed by atoms with Crippen molar-refractivity contribution in [2.45, 2.75) is 0 Å².